The molecule has 2 fully saturated rings. The van der Waals surface area contributed by atoms with E-state index in [0.29, 0.717) is 41.5 Å². The maximum atomic E-state index is 15.5. The molecule has 3 heterocycles. The van der Waals surface area contributed by atoms with E-state index in [1.54, 1.807) is 31.2 Å². The number of anilines is 1. The topological polar surface area (TPSA) is 155 Å². The summed E-state index contributed by atoms with van der Waals surface area (Å²) in [6.07, 6.45) is -6.29. The van der Waals surface area contributed by atoms with Crippen LogP contribution < -0.4 is 20.3 Å². The number of halogens is 9. The number of sulfonamides is 1. The minimum atomic E-state index is -4.08. The lowest BCUT2D eigenvalue weighted by Gasteiger charge is -2.24. The van der Waals surface area contributed by atoms with E-state index in [2.05, 4.69) is 20.2 Å². The van der Waals surface area contributed by atoms with Crippen molar-refractivity contribution >= 4 is 44.3 Å². The summed E-state index contributed by atoms with van der Waals surface area (Å²) in [5.74, 6) is -9.33. The van der Waals surface area contributed by atoms with Crippen molar-refractivity contribution in [3.63, 3.8) is 0 Å². The molecule has 13 nitrogen and oxygen atoms in total. The second kappa shape index (κ2) is 16.4. The van der Waals surface area contributed by atoms with Gasteiger partial charge in [0.2, 0.25) is 15.9 Å². The van der Waals surface area contributed by atoms with Crippen LogP contribution in [0.5, 0.6) is 5.75 Å². The van der Waals surface area contributed by atoms with Crippen LogP contribution in [0.3, 0.4) is 0 Å². The summed E-state index contributed by atoms with van der Waals surface area (Å²) < 4.78 is 154. The van der Waals surface area contributed by atoms with Gasteiger partial charge in [-0.25, -0.2) is 39.7 Å². The van der Waals surface area contributed by atoms with Gasteiger partial charge in [0.25, 0.3) is 24.3 Å². The maximum absolute atomic E-state index is 15.5. The van der Waals surface area contributed by atoms with Crippen LogP contribution >= 0.6 is 11.6 Å². The van der Waals surface area contributed by atoms with Crippen molar-refractivity contribution in [3.8, 4) is 22.7 Å². The molecular formula is C42H35ClF8N8O5S. The second-order valence-corrected chi connectivity index (χ2v) is 18.3. The van der Waals surface area contributed by atoms with Crippen molar-refractivity contribution in [3.05, 3.63) is 116 Å². The van der Waals surface area contributed by atoms with Crippen LogP contribution in [0.15, 0.2) is 65.5 Å². The highest BCUT2D eigenvalue weighted by molar-refractivity contribution is 7.93. The summed E-state index contributed by atoms with van der Waals surface area (Å²) >= 11 is 6.63. The third-order valence-corrected chi connectivity index (χ3v) is 13.6. The highest BCUT2D eigenvalue weighted by Gasteiger charge is 2.67. The molecule has 65 heavy (non-hydrogen) atoms. The minimum Gasteiger partial charge on any atom is -0.494 e. The zero-order chi connectivity index (χ0) is 46.3. The predicted molar refractivity (Wildman–Crippen MR) is 219 cm³/mol. The largest absolute Gasteiger partial charge is 0.494 e. The Hall–Kier alpha value is -6.03. The van der Waals surface area contributed by atoms with Crippen LogP contribution in [0, 0.1) is 17.6 Å². The molecule has 0 bridgehead atoms. The van der Waals surface area contributed by atoms with Gasteiger partial charge in [-0.1, -0.05) is 11.6 Å². The summed E-state index contributed by atoms with van der Waals surface area (Å²) in [6.45, 7) is -0.110. The molecule has 0 aliphatic heterocycles. The van der Waals surface area contributed by atoms with E-state index in [9.17, 15) is 44.3 Å². The number of hydrogen-bond donors (Lipinski definition) is 2. The highest BCUT2D eigenvalue weighted by atomic mass is 35.5. The summed E-state index contributed by atoms with van der Waals surface area (Å²) in [5.41, 5.74) is -3.40. The predicted octanol–water partition coefficient (Wildman–Crippen LogP) is 8.19. The number of hydrogen-bond acceptors (Lipinski definition) is 8. The molecule has 9 rings (SSSR count). The lowest BCUT2D eigenvalue weighted by Crippen LogP contribution is -2.38. The number of rotatable bonds is 16. The Balaban J connectivity index is 1.24. The third kappa shape index (κ3) is 8.29. The van der Waals surface area contributed by atoms with E-state index in [1.165, 1.54) is 12.1 Å². The Labute approximate surface area is 368 Å². The van der Waals surface area contributed by atoms with Crippen LogP contribution in [0.2, 0.25) is 5.02 Å². The summed E-state index contributed by atoms with van der Waals surface area (Å²) in [5, 5.41) is 9.28. The van der Waals surface area contributed by atoms with E-state index in [4.69, 9.17) is 21.3 Å². The van der Waals surface area contributed by atoms with Crippen LogP contribution in [-0.4, -0.2) is 61.7 Å². The molecule has 0 unspecified atom stereocenters. The Morgan fingerprint density at radius 3 is 2.34 bits per heavy atom. The molecular weight excluding hydrogens is 916 g/mol. The lowest BCUT2D eigenvalue weighted by atomic mass is 10.0. The number of aromatic nitrogens is 6. The van der Waals surface area contributed by atoms with E-state index in [-0.39, 0.29) is 44.9 Å². The summed E-state index contributed by atoms with van der Waals surface area (Å²) in [4.78, 5) is 33.6. The lowest BCUT2D eigenvalue weighted by molar-refractivity contribution is -0.123. The van der Waals surface area contributed by atoms with Crippen molar-refractivity contribution < 1.29 is 53.1 Å². The normalized spacial score (nSPS) is 18.0. The summed E-state index contributed by atoms with van der Waals surface area (Å²) in [6, 6.07) is 10.5. The molecule has 2 saturated carbocycles. The number of carbonyl (C=O) groups excluding carboxylic acids is 1. The number of fused-ring (bicyclic) bond motifs is 4. The number of nitrogens with one attached hydrogen (secondary N) is 2. The van der Waals surface area contributed by atoms with Crippen molar-refractivity contribution in [1.82, 2.24) is 34.4 Å². The highest BCUT2D eigenvalue weighted by Crippen LogP contribution is 2.68. The average molecular weight is 951 g/mol. The molecule has 3 aromatic carbocycles. The number of nitrogens with zero attached hydrogens (tertiary/aromatic N) is 6. The van der Waals surface area contributed by atoms with E-state index < -0.39 is 118 Å². The van der Waals surface area contributed by atoms with Gasteiger partial charge in [0.1, 0.15) is 47.7 Å². The van der Waals surface area contributed by atoms with Crippen LogP contribution in [0.25, 0.3) is 27.8 Å². The zero-order valence-corrected chi connectivity index (χ0v) is 35.3. The fraction of sp³-hybridized carbons (Fsp3) is 0.357. The van der Waals surface area contributed by atoms with Crippen molar-refractivity contribution in [2.45, 2.75) is 81.7 Å². The molecule has 3 aliphatic rings. The van der Waals surface area contributed by atoms with Gasteiger partial charge in [-0.2, -0.15) is 19.0 Å². The van der Waals surface area contributed by atoms with Crippen LogP contribution in [0.4, 0.5) is 40.9 Å². The molecule has 3 atom stereocenters. The zero-order valence-electron chi connectivity index (χ0n) is 33.7. The molecule has 2 N–H and O–H groups in total. The minimum absolute atomic E-state index is 0.0384. The maximum Gasteiger partial charge on any atom is 0.293 e. The van der Waals surface area contributed by atoms with Gasteiger partial charge >= 0.3 is 0 Å². The molecule has 3 aromatic heterocycles. The second-order valence-electron chi connectivity index (χ2n) is 16.0. The Morgan fingerprint density at radius 2 is 1.69 bits per heavy atom. The number of alkyl halides is 6. The van der Waals surface area contributed by atoms with E-state index in [0.717, 1.165) is 27.4 Å². The number of benzene rings is 3. The molecule has 0 spiro atoms. The Kier molecular flexibility index (Phi) is 11.2. The quantitative estimate of drug-likeness (QED) is 0.0921. The van der Waals surface area contributed by atoms with Gasteiger partial charge < -0.3 is 10.1 Å². The van der Waals surface area contributed by atoms with Gasteiger partial charge in [-0.05, 0) is 86.2 Å². The SMILES string of the molecule is CCOc1ccc(-c2cc(=O)n(-c3ccc(Cl)c4c(NS(=O)(=O)C5CC5)nn(CC(F)F)c34)c([C@H](Cc3cc(F)cc(F)c3)NC(=O)Cn3nc(C(F)F)c4c3C(F)(F)[C@@H]3C[C@H]43)n2)cc1. The Bertz CT molecular complexity index is 3030. The standard InChI is InChI=1S/C42H35ClF8N8O5S/c1-2-64-23-5-3-20(4-6-23)28-16-33(61)59(30-10-9-27(43)35-37(30)57(17-31(46)47)55-40(35)56-65(62,63)24-7-8-24)41(53-28)29(13-19-11-21(44)14-22(45)12-19)52-32(60)18-58-38-34(36(54-58)39(48)49)25-15-26(25)42(38,50)51/h3-6,9-12,14,16,24-26,29,31,39H,2,7-8,13,15,17-18H2,1H3,(H,52,60)(H,55,56)/t25-,26+,29-/m0/s1. The van der Waals surface area contributed by atoms with Crippen molar-refractivity contribution in [2.24, 2.45) is 5.92 Å². The first-order valence-electron chi connectivity index (χ1n) is 20.2. The third-order valence-electron chi connectivity index (χ3n) is 11.5. The van der Waals surface area contributed by atoms with E-state index >= 15 is 8.78 Å². The smallest absolute Gasteiger partial charge is 0.293 e. The molecule has 0 radical (unpaired) electrons. The number of carbonyl (C=O) groups is 1. The van der Waals surface area contributed by atoms with Gasteiger partial charge in [0.15, 0.2) is 5.82 Å². The first-order chi connectivity index (χ1) is 30.8. The molecule has 342 valence electrons. The average Bonchev–Trinajstić information content (AvgIpc) is 4.15. The van der Waals surface area contributed by atoms with Crippen molar-refractivity contribution in [2.75, 3.05) is 11.3 Å². The van der Waals surface area contributed by atoms with Gasteiger partial charge in [-0.3, -0.25) is 28.2 Å². The van der Waals surface area contributed by atoms with Gasteiger partial charge in [-0.15, -0.1) is 0 Å². The fourth-order valence-electron chi connectivity index (χ4n) is 8.51. The molecule has 1 amide bonds. The van der Waals surface area contributed by atoms with Crippen LogP contribution in [-0.2, 0) is 40.3 Å². The van der Waals surface area contributed by atoms with Crippen LogP contribution in [0.1, 0.15) is 72.9 Å². The van der Waals surface area contributed by atoms with Gasteiger partial charge in [0.05, 0.1) is 45.2 Å². The van der Waals surface area contributed by atoms with Gasteiger partial charge in [0, 0.05) is 35.6 Å². The van der Waals surface area contributed by atoms with E-state index in [1.807, 2.05) is 0 Å². The molecule has 23 heteroatoms. The first-order valence-corrected chi connectivity index (χ1v) is 22.1. The Morgan fingerprint density at radius 1 is 0.985 bits per heavy atom. The molecule has 6 aromatic rings. The fourth-order valence-corrected chi connectivity index (χ4v) is 10.1. The monoisotopic (exact) mass is 950 g/mol. The number of amides is 1. The molecule has 0 saturated heterocycles. The van der Waals surface area contributed by atoms with Crippen molar-refractivity contribution in [1.29, 1.82) is 0 Å². The summed E-state index contributed by atoms with van der Waals surface area (Å²) in [7, 11) is -4.08. The first kappa shape index (κ1) is 44.2. The molecule has 3 aliphatic carbocycles. The number of ether oxygens (including phenoxy) is 1.